The molecule has 0 spiro atoms. The first-order chi connectivity index (χ1) is 15.2. The first-order valence-electron chi connectivity index (χ1n) is 9.99. The molecule has 0 bridgehead atoms. The summed E-state index contributed by atoms with van der Waals surface area (Å²) < 4.78 is 16.2. The van der Waals surface area contributed by atoms with Gasteiger partial charge in [-0.3, -0.25) is 9.59 Å². The van der Waals surface area contributed by atoms with Crippen molar-refractivity contribution >= 4 is 23.2 Å². The highest BCUT2D eigenvalue weighted by Gasteiger charge is 2.26. The number of nitrogens with one attached hydrogen (secondary N) is 1. The van der Waals surface area contributed by atoms with Crippen LogP contribution in [-0.2, 0) is 11.2 Å². The van der Waals surface area contributed by atoms with Gasteiger partial charge in [-0.15, -0.1) is 0 Å². The van der Waals surface area contributed by atoms with Crippen LogP contribution in [0.2, 0.25) is 0 Å². The Kier molecular flexibility index (Phi) is 4.92. The predicted molar refractivity (Wildman–Crippen MR) is 115 cm³/mol. The third-order valence-electron chi connectivity index (χ3n) is 5.26. The molecule has 0 aliphatic carbocycles. The minimum atomic E-state index is -0.280. The normalized spacial score (nSPS) is 14.1. The molecule has 1 N–H and O–H groups in total. The molecule has 0 unspecified atom stereocenters. The van der Waals surface area contributed by atoms with Crippen LogP contribution in [0.3, 0.4) is 0 Å². The van der Waals surface area contributed by atoms with E-state index in [1.807, 2.05) is 30.3 Å². The molecule has 2 heterocycles. The highest BCUT2D eigenvalue weighted by molar-refractivity contribution is 6.05. The van der Waals surface area contributed by atoms with Crippen LogP contribution in [-0.4, -0.2) is 31.8 Å². The Balaban J connectivity index is 1.35. The van der Waals surface area contributed by atoms with Crippen LogP contribution in [0.15, 0.2) is 66.7 Å². The van der Waals surface area contributed by atoms with Crippen molar-refractivity contribution in [2.75, 3.05) is 30.2 Å². The van der Waals surface area contributed by atoms with Crippen molar-refractivity contribution in [1.82, 2.24) is 0 Å². The SMILES string of the molecule is O=C(Nc1ccc2c(c1)N(CCc1ccccc1)C(=O)CO2)c1ccc2c(c1)OCO2. The fraction of sp³-hybridized carbons (Fsp3) is 0.167. The van der Waals surface area contributed by atoms with Gasteiger partial charge < -0.3 is 24.4 Å². The molecule has 0 aromatic heterocycles. The zero-order valence-electron chi connectivity index (χ0n) is 16.7. The number of hydrogen-bond acceptors (Lipinski definition) is 5. The van der Waals surface area contributed by atoms with Crippen molar-refractivity contribution in [1.29, 1.82) is 0 Å². The third kappa shape index (κ3) is 3.90. The van der Waals surface area contributed by atoms with Gasteiger partial charge in [0, 0.05) is 17.8 Å². The van der Waals surface area contributed by atoms with Gasteiger partial charge >= 0.3 is 0 Å². The van der Waals surface area contributed by atoms with Gasteiger partial charge in [0.25, 0.3) is 11.8 Å². The second kappa shape index (κ2) is 8.02. The fourth-order valence-electron chi connectivity index (χ4n) is 3.65. The van der Waals surface area contributed by atoms with Crippen LogP contribution in [0.25, 0.3) is 0 Å². The van der Waals surface area contributed by atoms with Crippen LogP contribution in [0.5, 0.6) is 17.2 Å². The van der Waals surface area contributed by atoms with Crippen LogP contribution < -0.4 is 24.4 Å². The molecule has 7 nitrogen and oxygen atoms in total. The summed E-state index contributed by atoms with van der Waals surface area (Å²) in [6.45, 7) is 0.682. The van der Waals surface area contributed by atoms with Gasteiger partial charge in [0.1, 0.15) is 5.75 Å². The second-order valence-electron chi connectivity index (χ2n) is 7.27. The minimum absolute atomic E-state index is 0.00465. The minimum Gasteiger partial charge on any atom is -0.482 e. The topological polar surface area (TPSA) is 77.1 Å². The van der Waals surface area contributed by atoms with Crippen molar-refractivity contribution in [3.05, 3.63) is 77.9 Å². The Morgan fingerprint density at radius 2 is 1.71 bits per heavy atom. The molecule has 0 saturated carbocycles. The fourth-order valence-corrected chi connectivity index (χ4v) is 3.65. The van der Waals surface area contributed by atoms with Crippen molar-refractivity contribution in [2.24, 2.45) is 0 Å². The smallest absolute Gasteiger partial charge is 0.265 e. The van der Waals surface area contributed by atoms with Gasteiger partial charge in [-0.1, -0.05) is 30.3 Å². The Hall–Kier alpha value is -4.00. The Morgan fingerprint density at radius 1 is 0.903 bits per heavy atom. The number of carbonyl (C=O) groups is 2. The standard InChI is InChI=1S/C24H20N2O5/c27-23-14-29-20-9-7-18(13-19(20)26(23)11-10-16-4-2-1-3-5-16)25-24(28)17-6-8-21-22(12-17)31-15-30-21/h1-9,12-13H,10-11,14-15H2,(H,25,28). The van der Waals surface area contributed by atoms with E-state index in [2.05, 4.69) is 5.32 Å². The number of benzene rings is 3. The average molecular weight is 416 g/mol. The number of carbonyl (C=O) groups excluding carboxylic acids is 2. The maximum atomic E-state index is 12.7. The van der Waals surface area contributed by atoms with Gasteiger partial charge in [0.05, 0.1) is 5.69 Å². The summed E-state index contributed by atoms with van der Waals surface area (Å²) in [4.78, 5) is 27.0. The summed E-state index contributed by atoms with van der Waals surface area (Å²) in [7, 11) is 0. The Bertz CT molecular complexity index is 1150. The van der Waals surface area contributed by atoms with E-state index in [1.165, 1.54) is 0 Å². The number of anilines is 2. The van der Waals surface area contributed by atoms with Crippen LogP contribution in [0.4, 0.5) is 11.4 Å². The molecule has 3 aromatic carbocycles. The molecule has 0 radical (unpaired) electrons. The highest BCUT2D eigenvalue weighted by atomic mass is 16.7. The molecule has 5 rings (SSSR count). The third-order valence-corrected chi connectivity index (χ3v) is 5.26. The van der Waals surface area contributed by atoms with Gasteiger partial charge in [-0.25, -0.2) is 0 Å². The summed E-state index contributed by atoms with van der Waals surface area (Å²) in [5.41, 5.74) is 2.82. The zero-order chi connectivity index (χ0) is 21.2. The quantitative estimate of drug-likeness (QED) is 0.687. The molecule has 2 aliphatic rings. The summed E-state index contributed by atoms with van der Waals surface area (Å²) >= 11 is 0. The molecule has 2 aliphatic heterocycles. The lowest BCUT2D eigenvalue weighted by Crippen LogP contribution is -2.40. The summed E-state index contributed by atoms with van der Waals surface area (Å²) in [6.07, 6.45) is 0.722. The van der Waals surface area contributed by atoms with Crippen LogP contribution >= 0.6 is 0 Å². The highest BCUT2D eigenvalue weighted by Crippen LogP contribution is 2.36. The van der Waals surface area contributed by atoms with Gasteiger partial charge in [0.2, 0.25) is 6.79 Å². The van der Waals surface area contributed by atoms with Gasteiger partial charge in [-0.2, -0.15) is 0 Å². The maximum Gasteiger partial charge on any atom is 0.265 e. The maximum absolute atomic E-state index is 12.7. The van der Waals surface area contributed by atoms with E-state index >= 15 is 0 Å². The van der Waals surface area contributed by atoms with E-state index in [1.54, 1.807) is 41.3 Å². The van der Waals surface area contributed by atoms with E-state index in [0.29, 0.717) is 40.7 Å². The van der Waals surface area contributed by atoms with E-state index in [4.69, 9.17) is 14.2 Å². The van der Waals surface area contributed by atoms with Crippen LogP contribution in [0.1, 0.15) is 15.9 Å². The zero-order valence-corrected chi connectivity index (χ0v) is 16.7. The first-order valence-corrected chi connectivity index (χ1v) is 9.99. The molecular weight excluding hydrogens is 396 g/mol. The lowest BCUT2D eigenvalue weighted by atomic mass is 10.1. The lowest BCUT2D eigenvalue weighted by molar-refractivity contribution is -0.121. The van der Waals surface area contributed by atoms with Gasteiger partial charge in [0.15, 0.2) is 18.1 Å². The molecule has 0 atom stereocenters. The molecule has 156 valence electrons. The monoisotopic (exact) mass is 416 g/mol. The number of amides is 2. The van der Waals surface area contributed by atoms with Crippen molar-refractivity contribution in [2.45, 2.75) is 6.42 Å². The summed E-state index contributed by atoms with van der Waals surface area (Å²) in [6, 6.07) is 20.3. The number of nitrogens with zero attached hydrogens (tertiary/aromatic N) is 1. The molecular formula is C24H20N2O5. The molecule has 3 aromatic rings. The Morgan fingerprint density at radius 3 is 2.58 bits per heavy atom. The number of hydrogen-bond donors (Lipinski definition) is 1. The summed E-state index contributed by atoms with van der Waals surface area (Å²) in [5.74, 6) is 1.40. The molecule has 0 saturated heterocycles. The number of ether oxygens (including phenoxy) is 3. The van der Waals surface area contributed by atoms with E-state index in [9.17, 15) is 9.59 Å². The molecule has 31 heavy (non-hydrogen) atoms. The van der Waals surface area contributed by atoms with Gasteiger partial charge in [-0.05, 0) is 48.4 Å². The van der Waals surface area contributed by atoms with Crippen molar-refractivity contribution < 1.29 is 23.8 Å². The summed E-state index contributed by atoms with van der Waals surface area (Å²) in [5, 5.41) is 2.88. The Labute approximate surface area is 179 Å². The molecule has 2 amide bonds. The largest absolute Gasteiger partial charge is 0.482 e. The number of fused-ring (bicyclic) bond motifs is 2. The lowest BCUT2D eigenvalue weighted by Gasteiger charge is -2.30. The first kappa shape index (κ1) is 19.0. The molecule has 7 heteroatoms. The predicted octanol–water partition coefficient (Wildman–Crippen LogP) is 3.64. The van der Waals surface area contributed by atoms with Crippen molar-refractivity contribution in [3.63, 3.8) is 0 Å². The number of rotatable bonds is 5. The second-order valence-corrected chi connectivity index (χ2v) is 7.27. The van der Waals surface area contributed by atoms with E-state index < -0.39 is 0 Å². The van der Waals surface area contributed by atoms with Crippen molar-refractivity contribution in [3.8, 4) is 17.2 Å². The molecule has 0 fully saturated rings. The average Bonchev–Trinajstić information content (AvgIpc) is 3.27. The van der Waals surface area contributed by atoms with E-state index in [0.717, 1.165) is 12.0 Å². The van der Waals surface area contributed by atoms with E-state index in [-0.39, 0.29) is 25.2 Å². The van der Waals surface area contributed by atoms with Crippen LogP contribution in [0, 0.1) is 0 Å².